The van der Waals surface area contributed by atoms with Crippen molar-refractivity contribution in [2.24, 2.45) is 0 Å². The van der Waals surface area contributed by atoms with Gasteiger partial charge in [-0.3, -0.25) is 5.10 Å². The van der Waals surface area contributed by atoms with Crippen molar-refractivity contribution in [1.82, 2.24) is 20.2 Å². The molecule has 0 saturated carbocycles. The van der Waals surface area contributed by atoms with Crippen LogP contribution >= 0.6 is 34.7 Å². The molecule has 27 heavy (non-hydrogen) atoms. The van der Waals surface area contributed by atoms with Crippen LogP contribution < -0.4 is 4.74 Å². The molecule has 0 amide bonds. The second kappa shape index (κ2) is 8.12. The van der Waals surface area contributed by atoms with Gasteiger partial charge in [-0.05, 0) is 36.4 Å². The average molecular weight is 415 g/mol. The molecular weight excluding hydrogens is 400 g/mol. The molecule has 0 spiro atoms. The number of methoxy groups -OCH3 is 1. The number of rotatable bonds is 6. The minimum Gasteiger partial charge on any atom is -0.497 e. The Kier molecular flexibility index (Phi) is 5.42. The standard InChI is InChI=1S/C19H15ClN4OS2/c1-25-16-8-4-12(5-9-16)17-22-19(24-23-17)27-11-15-10-26-18(21-15)13-2-6-14(20)7-3-13/h2-10H,11H2,1H3,(H,22,23,24). The maximum Gasteiger partial charge on any atom is 0.209 e. The molecular formula is C19H15ClN4OS2. The number of halogens is 1. The molecule has 0 unspecified atom stereocenters. The van der Waals surface area contributed by atoms with Gasteiger partial charge in [0.2, 0.25) is 5.16 Å². The molecule has 0 aliphatic rings. The number of hydrogen-bond donors (Lipinski definition) is 1. The van der Waals surface area contributed by atoms with E-state index in [1.807, 2.05) is 48.5 Å². The number of nitrogens with zero attached hydrogens (tertiary/aromatic N) is 3. The molecule has 0 aliphatic heterocycles. The summed E-state index contributed by atoms with van der Waals surface area (Å²) in [6.45, 7) is 0. The van der Waals surface area contributed by atoms with Crippen LogP contribution in [0.1, 0.15) is 5.69 Å². The lowest BCUT2D eigenvalue weighted by molar-refractivity contribution is 0.415. The Labute approximate surface area is 169 Å². The van der Waals surface area contributed by atoms with Gasteiger partial charge < -0.3 is 4.74 Å². The number of aromatic nitrogens is 4. The minimum atomic E-state index is 0.696. The summed E-state index contributed by atoms with van der Waals surface area (Å²) in [7, 11) is 1.65. The maximum absolute atomic E-state index is 5.94. The summed E-state index contributed by atoms with van der Waals surface area (Å²) in [5, 5.41) is 11.7. The van der Waals surface area contributed by atoms with Gasteiger partial charge in [-0.25, -0.2) is 9.97 Å². The van der Waals surface area contributed by atoms with Gasteiger partial charge in [0.25, 0.3) is 0 Å². The monoisotopic (exact) mass is 414 g/mol. The van der Waals surface area contributed by atoms with Crippen LogP contribution in [0.3, 0.4) is 0 Å². The molecule has 1 N–H and O–H groups in total. The quantitative estimate of drug-likeness (QED) is 0.419. The van der Waals surface area contributed by atoms with Crippen molar-refractivity contribution in [2.75, 3.05) is 7.11 Å². The molecule has 2 aromatic carbocycles. The largest absolute Gasteiger partial charge is 0.497 e. The maximum atomic E-state index is 5.94. The summed E-state index contributed by atoms with van der Waals surface area (Å²) in [6.07, 6.45) is 0. The van der Waals surface area contributed by atoms with E-state index >= 15 is 0 Å². The van der Waals surface area contributed by atoms with Crippen LogP contribution in [-0.2, 0) is 5.75 Å². The van der Waals surface area contributed by atoms with Gasteiger partial charge in [0, 0.05) is 27.3 Å². The molecule has 4 aromatic rings. The molecule has 5 nitrogen and oxygen atoms in total. The Morgan fingerprint density at radius 2 is 1.78 bits per heavy atom. The Balaban J connectivity index is 1.40. The zero-order valence-corrected chi connectivity index (χ0v) is 16.7. The number of thiazole rings is 1. The first-order chi connectivity index (χ1) is 13.2. The fraction of sp³-hybridized carbons (Fsp3) is 0.105. The molecule has 4 rings (SSSR count). The lowest BCUT2D eigenvalue weighted by atomic mass is 10.2. The van der Waals surface area contributed by atoms with Crippen molar-refractivity contribution in [1.29, 1.82) is 0 Å². The number of benzene rings is 2. The second-order valence-corrected chi connectivity index (χ2v) is 7.87. The SMILES string of the molecule is COc1ccc(-c2nc(SCc3csc(-c4ccc(Cl)cc4)n3)n[nH]2)cc1. The number of nitrogens with one attached hydrogen (secondary N) is 1. The number of H-pyrrole nitrogens is 1. The average Bonchev–Trinajstić information content (AvgIpc) is 3.37. The molecule has 0 atom stereocenters. The Bertz CT molecular complexity index is 1030. The first-order valence-corrected chi connectivity index (χ1v) is 10.4. The minimum absolute atomic E-state index is 0.696. The predicted molar refractivity (Wildman–Crippen MR) is 110 cm³/mol. The normalized spacial score (nSPS) is 10.9. The highest BCUT2D eigenvalue weighted by Gasteiger charge is 2.09. The fourth-order valence-electron chi connectivity index (χ4n) is 2.43. The Morgan fingerprint density at radius 1 is 1.04 bits per heavy atom. The van der Waals surface area contributed by atoms with Gasteiger partial charge in [0.05, 0.1) is 12.8 Å². The van der Waals surface area contributed by atoms with Crippen LogP contribution in [0.2, 0.25) is 5.02 Å². The zero-order valence-electron chi connectivity index (χ0n) is 14.3. The van der Waals surface area contributed by atoms with E-state index < -0.39 is 0 Å². The van der Waals surface area contributed by atoms with E-state index in [0.29, 0.717) is 10.9 Å². The number of hydrogen-bond acceptors (Lipinski definition) is 6. The van der Waals surface area contributed by atoms with E-state index in [4.69, 9.17) is 16.3 Å². The van der Waals surface area contributed by atoms with Crippen molar-refractivity contribution < 1.29 is 4.74 Å². The summed E-state index contributed by atoms with van der Waals surface area (Å²) in [5.74, 6) is 2.26. The van der Waals surface area contributed by atoms with Gasteiger partial charge in [-0.2, -0.15) is 0 Å². The zero-order chi connectivity index (χ0) is 18.6. The molecule has 0 bridgehead atoms. The molecule has 0 aliphatic carbocycles. The van der Waals surface area contributed by atoms with Crippen LogP contribution in [0.4, 0.5) is 0 Å². The van der Waals surface area contributed by atoms with Gasteiger partial charge in [0.1, 0.15) is 10.8 Å². The van der Waals surface area contributed by atoms with Crippen molar-refractivity contribution in [3.8, 4) is 27.7 Å². The Hall–Kier alpha value is -2.35. The van der Waals surface area contributed by atoms with Crippen LogP contribution in [0.15, 0.2) is 59.1 Å². The van der Waals surface area contributed by atoms with Crippen LogP contribution in [0.25, 0.3) is 22.0 Å². The summed E-state index contributed by atoms with van der Waals surface area (Å²) < 4.78 is 5.17. The van der Waals surface area contributed by atoms with Crippen molar-refractivity contribution in [2.45, 2.75) is 10.9 Å². The van der Waals surface area contributed by atoms with E-state index in [1.54, 1.807) is 30.2 Å². The van der Waals surface area contributed by atoms with Crippen LogP contribution in [0.5, 0.6) is 5.75 Å². The fourth-order valence-corrected chi connectivity index (χ4v) is 4.17. The van der Waals surface area contributed by atoms with Gasteiger partial charge in [-0.15, -0.1) is 16.4 Å². The molecule has 8 heteroatoms. The van der Waals surface area contributed by atoms with Gasteiger partial charge in [0.15, 0.2) is 5.82 Å². The first kappa shape index (κ1) is 18.0. The van der Waals surface area contributed by atoms with Gasteiger partial charge >= 0.3 is 0 Å². The number of thioether (sulfide) groups is 1. The highest BCUT2D eigenvalue weighted by Crippen LogP contribution is 2.28. The molecule has 0 fully saturated rings. The van der Waals surface area contributed by atoms with E-state index in [0.717, 1.165) is 38.4 Å². The second-order valence-electron chi connectivity index (χ2n) is 5.63. The molecule has 0 saturated heterocycles. The van der Waals surface area contributed by atoms with E-state index in [-0.39, 0.29) is 0 Å². The summed E-state index contributed by atoms with van der Waals surface area (Å²) in [5.41, 5.74) is 3.04. The van der Waals surface area contributed by atoms with E-state index in [9.17, 15) is 0 Å². The third-order valence-corrected chi connectivity index (χ3v) is 5.89. The third kappa shape index (κ3) is 4.32. The van der Waals surface area contributed by atoms with Crippen molar-refractivity contribution >= 4 is 34.7 Å². The molecule has 136 valence electrons. The van der Waals surface area contributed by atoms with Crippen molar-refractivity contribution in [3.05, 3.63) is 64.6 Å². The summed E-state index contributed by atoms with van der Waals surface area (Å²) in [4.78, 5) is 9.23. The molecule has 2 aromatic heterocycles. The lowest BCUT2D eigenvalue weighted by Gasteiger charge is -1.99. The third-order valence-electron chi connectivity index (χ3n) is 3.82. The van der Waals surface area contributed by atoms with Crippen molar-refractivity contribution in [3.63, 3.8) is 0 Å². The Morgan fingerprint density at radius 3 is 2.52 bits per heavy atom. The summed E-state index contributed by atoms with van der Waals surface area (Å²) in [6, 6.07) is 15.4. The van der Waals surface area contributed by atoms with Crippen LogP contribution in [-0.4, -0.2) is 27.3 Å². The topological polar surface area (TPSA) is 63.7 Å². The predicted octanol–water partition coefficient (Wildman–Crippen LogP) is 5.55. The molecule has 0 radical (unpaired) electrons. The summed E-state index contributed by atoms with van der Waals surface area (Å²) >= 11 is 9.11. The van der Waals surface area contributed by atoms with Gasteiger partial charge in [-0.1, -0.05) is 35.5 Å². The first-order valence-electron chi connectivity index (χ1n) is 8.11. The highest BCUT2D eigenvalue weighted by atomic mass is 35.5. The number of ether oxygens (including phenoxy) is 1. The molecule has 2 heterocycles. The smallest absolute Gasteiger partial charge is 0.209 e. The highest BCUT2D eigenvalue weighted by molar-refractivity contribution is 7.98. The van der Waals surface area contributed by atoms with E-state index in [2.05, 4.69) is 25.5 Å². The van der Waals surface area contributed by atoms with E-state index in [1.165, 1.54) is 0 Å². The lowest BCUT2D eigenvalue weighted by Crippen LogP contribution is -1.84. The van der Waals surface area contributed by atoms with Crippen LogP contribution in [0, 0.1) is 0 Å². The number of aromatic amines is 1.